The first-order valence-corrected chi connectivity index (χ1v) is 10.5. The number of carbonyl (C=O) groups excluding carboxylic acids is 2. The molecule has 0 bridgehead atoms. The molecule has 2 aromatic carbocycles. The van der Waals surface area contributed by atoms with E-state index in [-0.39, 0.29) is 11.8 Å². The summed E-state index contributed by atoms with van der Waals surface area (Å²) in [5.74, 6) is 0.520. The van der Waals surface area contributed by atoms with Crippen LogP contribution >= 0.6 is 0 Å². The minimum Gasteiger partial charge on any atom is -0.402 e. The lowest BCUT2D eigenvalue weighted by Gasteiger charge is -2.31. The smallest absolute Gasteiger partial charge is 0.365 e. The molecule has 1 N–H and O–H groups in total. The molecule has 0 atom stereocenters. The van der Waals surface area contributed by atoms with E-state index < -0.39 is 5.97 Å². The fourth-order valence-corrected chi connectivity index (χ4v) is 3.83. The average molecular weight is 405 g/mol. The fourth-order valence-electron chi connectivity index (χ4n) is 3.83. The Kier molecular flexibility index (Phi) is 5.84. The molecule has 2 heterocycles. The third kappa shape index (κ3) is 4.37. The zero-order valence-corrected chi connectivity index (χ0v) is 17.4. The summed E-state index contributed by atoms with van der Waals surface area (Å²) in [5, 5.41) is 5.11. The first kappa shape index (κ1) is 20.1. The van der Waals surface area contributed by atoms with Gasteiger partial charge in [-0.05, 0) is 35.6 Å². The van der Waals surface area contributed by atoms with E-state index in [0.717, 1.165) is 42.3 Å². The van der Waals surface area contributed by atoms with Crippen molar-refractivity contribution in [2.75, 3.05) is 19.6 Å². The lowest BCUT2D eigenvalue weighted by Crippen LogP contribution is -2.38. The Morgan fingerprint density at radius 3 is 2.70 bits per heavy atom. The molecule has 1 saturated heterocycles. The van der Waals surface area contributed by atoms with E-state index in [4.69, 9.17) is 4.74 Å². The third-order valence-corrected chi connectivity index (χ3v) is 5.68. The van der Waals surface area contributed by atoms with Crippen LogP contribution in [0, 0.1) is 11.8 Å². The van der Waals surface area contributed by atoms with Gasteiger partial charge in [0.1, 0.15) is 0 Å². The molecule has 0 saturated carbocycles. The van der Waals surface area contributed by atoms with E-state index in [1.54, 1.807) is 0 Å². The summed E-state index contributed by atoms with van der Waals surface area (Å²) in [6.45, 7) is 6.18. The SMILES string of the molecule is CC(C)C(=O)NCC1CCN(C=C2N=C(c3cccc4ccccc34)OC2=O)CC1. The first-order valence-electron chi connectivity index (χ1n) is 10.5. The lowest BCUT2D eigenvalue weighted by atomic mass is 9.97. The molecule has 0 aromatic heterocycles. The summed E-state index contributed by atoms with van der Waals surface area (Å²) in [6, 6.07) is 13.9. The van der Waals surface area contributed by atoms with Gasteiger partial charge in [-0.3, -0.25) is 4.79 Å². The Morgan fingerprint density at radius 2 is 1.93 bits per heavy atom. The summed E-state index contributed by atoms with van der Waals surface area (Å²) in [6.07, 6.45) is 3.75. The maximum Gasteiger partial charge on any atom is 0.365 e. The lowest BCUT2D eigenvalue weighted by molar-refractivity contribution is -0.130. The number of fused-ring (bicyclic) bond motifs is 1. The van der Waals surface area contributed by atoms with Crippen LogP contribution in [0.15, 0.2) is 59.4 Å². The van der Waals surface area contributed by atoms with Crippen LogP contribution in [0.4, 0.5) is 0 Å². The summed E-state index contributed by atoms with van der Waals surface area (Å²) in [7, 11) is 0. The Hall–Kier alpha value is -3.15. The molecule has 0 spiro atoms. The topological polar surface area (TPSA) is 71.0 Å². The third-order valence-electron chi connectivity index (χ3n) is 5.68. The Labute approximate surface area is 176 Å². The minimum atomic E-state index is -0.413. The molecule has 2 aromatic rings. The molecule has 6 heteroatoms. The first-order chi connectivity index (χ1) is 14.5. The molecule has 4 rings (SSSR count). The number of esters is 1. The van der Waals surface area contributed by atoms with Crippen LogP contribution in [0.2, 0.25) is 0 Å². The summed E-state index contributed by atoms with van der Waals surface area (Å²) < 4.78 is 5.49. The molecule has 2 aliphatic heterocycles. The number of ether oxygens (including phenoxy) is 1. The second kappa shape index (κ2) is 8.69. The quantitative estimate of drug-likeness (QED) is 0.611. The van der Waals surface area contributed by atoms with Crippen LogP contribution in [0.25, 0.3) is 10.8 Å². The van der Waals surface area contributed by atoms with Crippen molar-refractivity contribution in [2.24, 2.45) is 16.8 Å². The van der Waals surface area contributed by atoms with Crippen molar-refractivity contribution in [3.05, 3.63) is 59.9 Å². The van der Waals surface area contributed by atoms with Crippen molar-refractivity contribution in [3.63, 3.8) is 0 Å². The highest BCUT2D eigenvalue weighted by atomic mass is 16.6. The molecule has 156 valence electrons. The normalized spacial score (nSPS) is 18.8. The van der Waals surface area contributed by atoms with Crippen molar-refractivity contribution in [2.45, 2.75) is 26.7 Å². The maximum atomic E-state index is 12.4. The van der Waals surface area contributed by atoms with Gasteiger partial charge >= 0.3 is 5.97 Å². The molecule has 1 amide bonds. The second-order valence-electron chi connectivity index (χ2n) is 8.23. The molecule has 0 radical (unpaired) electrons. The zero-order valence-electron chi connectivity index (χ0n) is 17.4. The highest BCUT2D eigenvalue weighted by molar-refractivity contribution is 6.16. The van der Waals surface area contributed by atoms with Gasteiger partial charge in [-0.1, -0.05) is 50.2 Å². The monoisotopic (exact) mass is 405 g/mol. The Morgan fingerprint density at radius 1 is 1.20 bits per heavy atom. The molecule has 30 heavy (non-hydrogen) atoms. The van der Waals surface area contributed by atoms with Crippen LogP contribution in [0.3, 0.4) is 0 Å². The summed E-state index contributed by atoms with van der Waals surface area (Å²) in [5.41, 5.74) is 1.16. The number of benzene rings is 2. The van der Waals surface area contributed by atoms with E-state index >= 15 is 0 Å². The van der Waals surface area contributed by atoms with Crippen LogP contribution in [-0.4, -0.2) is 42.3 Å². The number of hydrogen-bond acceptors (Lipinski definition) is 5. The van der Waals surface area contributed by atoms with Gasteiger partial charge in [0.05, 0.1) is 0 Å². The molecule has 0 unspecified atom stereocenters. The van der Waals surface area contributed by atoms with E-state index in [9.17, 15) is 9.59 Å². The predicted octanol–water partition coefficient (Wildman–Crippen LogP) is 3.47. The largest absolute Gasteiger partial charge is 0.402 e. The molecular weight excluding hydrogens is 378 g/mol. The van der Waals surface area contributed by atoms with Crippen molar-refractivity contribution in [1.29, 1.82) is 0 Å². The molecule has 2 aliphatic rings. The number of aliphatic imine (C=N–C) groups is 1. The summed E-state index contributed by atoms with van der Waals surface area (Å²) >= 11 is 0. The van der Waals surface area contributed by atoms with E-state index in [2.05, 4.69) is 15.2 Å². The van der Waals surface area contributed by atoms with Crippen molar-refractivity contribution in [3.8, 4) is 0 Å². The average Bonchev–Trinajstić information content (AvgIpc) is 3.12. The van der Waals surface area contributed by atoms with Gasteiger partial charge in [-0.25, -0.2) is 9.79 Å². The number of hydrogen-bond donors (Lipinski definition) is 1. The van der Waals surface area contributed by atoms with E-state index in [0.29, 0.717) is 24.1 Å². The van der Waals surface area contributed by atoms with Crippen LogP contribution in [-0.2, 0) is 14.3 Å². The molecule has 1 fully saturated rings. The van der Waals surface area contributed by atoms with Gasteiger partial charge in [0.25, 0.3) is 0 Å². The van der Waals surface area contributed by atoms with Crippen LogP contribution in [0.1, 0.15) is 32.3 Å². The van der Waals surface area contributed by atoms with E-state index in [1.165, 1.54) is 0 Å². The Bertz CT molecular complexity index is 1010. The van der Waals surface area contributed by atoms with Gasteiger partial charge in [-0.2, -0.15) is 0 Å². The van der Waals surface area contributed by atoms with Crippen molar-refractivity contribution >= 4 is 28.5 Å². The number of carbonyl (C=O) groups is 2. The highest BCUT2D eigenvalue weighted by Gasteiger charge is 2.27. The molecule has 6 nitrogen and oxygen atoms in total. The Balaban J connectivity index is 1.42. The second-order valence-corrected chi connectivity index (χ2v) is 8.23. The number of rotatable bonds is 5. The minimum absolute atomic E-state index is 0.0111. The number of nitrogens with zero attached hydrogens (tertiary/aromatic N) is 2. The molecule has 0 aliphatic carbocycles. The fraction of sp³-hybridized carbons (Fsp3) is 0.375. The number of amides is 1. The number of nitrogens with one attached hydrogen (secondary N) is 1. The van der Waals surface area contributed by atoms with Gasteiger partial charge in [0.2, 0.25) is 11.8 Å². The van der Waals surface area contributed by atoms with Crippen LogP contribution < -0.4 is 5.32 Å². The summed E-state index contributed by atoms with van der Waals surface area (Å²) in [4.78, 5) is 30.7. The zero-order chi connectivity index (χ0) is 21.1. The van der Waals surface area contributed by atoms with Crippen molar-refractivity contribution < 1.29 is 14.3 Å². The maximum absolute atomic E-state index is 12.4. The number of cyclic esters (lactones) is 1. The standard InChI is InChI=1S/C24H27N3O3/c1-16(2)22(28)25-14-17-10-12-27(13-11-17)15-21-24(29)30-23(26-21)20-9-5-7-18-6-3-4-8-19(18)20/h3-9,15-17H,10-14H2,1-2H3,(H,25,28). The van der Waals surface area contributed by atoms with Crippen molar-refractivity contribution in [1.82, 2.24) is 10.2 Å². The van der Waals surface area contributed by atoms with Gasteiger partial charge < -0.3 is 15.0 Å². The van der Waals surface area contributed by atoms with Gasteiger partial charge in [-0.15, -0.1) is 0 Å². The molecular formula is C24H27N3O3. The van der Waals surface area contributed by atoms with Gasteiger partial charge in [0, 0.05) is 37.3 Å². The number of piperidine rings is 1. The van der Waals surface area contributed by atoms with Crippen LogP contribution in [0.5, 0.6) is 0 Å². The predicted molar refractivity (Wildman–Crippen MR) is 117 cm³/mol. The highest BCUT2D eigenvalue weighted by Crippen LogP contribution is 2.25. The number of likely N-dealkylation sites (tertiary alicyclic amines) is 1. The van der Waals surface area contributed by atoms with Gasteiger partial charge in [0.15, 0.2) is 5.70 Å². The van der Waals surface area contributed by atoms with E-state index in [1.807, 2.05) is 62.5 Å².